The van der Waals surface area contributed by atoms with Crippen LogP contribution < -0.4 is 5.56 Å². The topological polar surface area (TPSA) is 72.0 Å². The Bertz CT molecular complexity index is 917. The monoisotopic (exact) mass is 314 g/mol. The summed E-state index contributed by atoms with van der Waals surface area (Å²) in [6.45, 7) is 0. The molecule has 0 aliphatic carbocycles. The van der Waals surface area contributed by atoms with Crippen LogP contribution >= 0.6 is 11.6 Å². The first-order chi connectivity index (χ1) is 10.6. The lowest BCUT2D eigenvalue weighted by atomic mass is 10.1. The third-order valence-electron chi connectivity index (χ3n) is 3.26. The fourth-order valence-corrected chi connectivity index (χ4v) is 2.34. The van der Waals surface area contributed by atoms with Crippen LogP contribution in [0.5, 0.6) is 0 Å². The molecule has 6 heteroatoms. The van der Waals surface area contributed by atoms with Crippen LogP contribution in [0, 0.1) is 0 Å². The van der Waals surface area contributed by atoms with Gasteiger partial charge >= 0.3 is 5.97 Å². The van der Waals surface area contributed by atoms with E-state index in [1.807, 2.05) is 0 Å². The number of halogens is 1. The zero-order valence-electron chi connectivity index (χ0n) is 11.6. The van der Waals surface area contributed by atoms with E-state index in [4.69, 9.17) is 16.3 Å². The van der Waals surface area contributed by atoms with Gasteiger partial charge in [0.25, 0.3) is 5.56 Å². The van der Waals surface area contributed by atoms with Crippen LogP contribution in [0.15, 0.2) is 47.3 Å². The molecule has 0 aliphatic rings. The Labute approximate surface area is 130 Å². The predicted molar refractivity (Wildman–Crippen MR) is 84.1 cm³/mol. The summed E-state index contributed by atoms with van der Waals surface area (Å²) >= 11 is 5.85. The van der Waals surface area contributed by atoms with Gasteiger partial charge in [-0.2, -0.15) is 0 Å². The van der Waals surface area contributed by atoms with Crippen molar-refractivity contribution in [2.24, 2.45) is 0 Å². The number of esters is 1. The Morgan fingerprint density at radius 1 is 1.18 bits per heavy atom. The van der Waals surface area contributed by atoms with Crippen LogP contribution in [-0.4, -0.2) is 23.0 Å². The standard InChI is InChI=1S/C16H11ClN2O3/c1-22-16(21)11-3-2-4-12-13(11)15(20)19-14(18-12)9-5-7-10(17)8-6-9/h2-8H,1H3,(H,18,19,20). The van der Waals surface area contributed by atoms with Crippen LogP contribution in [0.1, 0.15) is 10.4 Å². The van der Waals surface area contributed by atoms with Gasteiger partial charge in [0.05, 0.1) is 23.6 Å². The summed E-state index contributed by atoms with van der Waals surface area (Å²) in [4.78, 5) is 31.2. The van der Waals surface area contributed by atoms with E-state index in [9.17, 15) is 9.59 Å². The number of fused-ring (bicyclic) bond motifs is 1. The van der Waals surface area contributed by atoms with E-state index in [0.717, 1.165) is 5.56 Å². The average molecular weight is 315 g/mol. The Kier molecular flexibility index (Phi) is 3.65. The summed E-state index contributed by atoms with van der Waals surface area (Å²) in [5.41, 5.74) is 0.954. The first kappa shape index (κ1) is 14.3. The highest BCUT2D eigenvalue weighted by molar-refractivity contribution is 6.30. The highest BCUT2D eigenvalue weighted by Crippen LogP contribution is 2.20. The zero-order valence-corrected chi connectivity index (χ0v) is 12.3. The molecule has 5 nitrogen and oxygen atoms in total. The number of benzene rings is 2. The molecular weight excluding hydrogens is 304 g/mol. The molecule has 1 N–H and O–H groups in total. The zero-order chi connectivity index (χ0) is 15.7. The number of aromatic nitrogens is 2. The van der Waals surface area contributed by atoms with Gasteiger partial charge in [0.15, 0.2) is 0 Å². The fraction of sp³-hybridized carbons (Fsp3) is 0.0625. The molecule has 3 rings (SSSR count). The van der Waals surface area contributed by atoms with Crippen molar-refractivity contribution in [3.8, 4) is 11.4 Å². The lowest BCUT2D eigenvalue weighted by Crippen LogP contribution is -2.14. The summed E-state index contributed by atoms with van der Waals surface area (Å²) in [6.07, 6.45) is 0. The van der Waals surface area contributed by atoms with Gasteiger partial charge in [-0.25, -0.2) is 9.78 Å². The molecule has 0 spiro atoms. The van der Waals surface area contributed by atoms with Crippen molar-refractivity contribution in [1.82, 2.24) is 9.97 Å². The van der Waals surface area contributed by atoms with E-state index in [2.05, 4.69) is 9.97 Å². The number of carbonyl (C=O) groups is 1. The van der Waals surface area contributed by atoms with Crippen molar-refractivity contribution in [1.29, 1.82) is 0 Å². The Morgan fingerprint density at radius 2 is 1.91 bits per heavy atom. The van der Waals surface area contributed by atoms with E-state index in [-0.39, 0.29) is 10.9 Å². The van der Waals surface area contributed by atoms with Crippen LogP contribution in [0.4, 0.5) is 0 Å². The number of nitrogens with zero attached hydrogens (tertiary/aromatic N) is 1. The molecule has 3 aromatic rings. The first-order valence-electron chi connectivity index (χ1n) is 6.47. The van der Waals surface area contributed by atoms with Crippen molar-refractivity contribution in [2.75, 3.05) is 7.11 Å². The molecule has 0 aliphatic heterocycles. The maximum absolute atomic E-state index is 12.4. The third-order valence-corrected chi connectivity index (χ3v) is 3.51. The molecule has 0 bridgehead atoms. The van der Waals surface area contributed by atoms with Crippen LogP contribution in [0.25, 0.3) is 22.3 Å². The van der Waals surface area contributed by atoms with Crippen molar-refractivity contribution in [3.63, 3.8) is 0 Å². The number of nitrogens with one attached hydrogen (secondary N) is 1. The number of hydrogen-bond donors (Lipinski definition) is 1. The molecule has 1 heterocycles. The van der Waals surface area contributed by atoms with Gasteiger partial charge < -0.3 is 9.72 Å². The number of H-pyrrole nitrogens is 1. The second-order valence-electron chi connectivity index (χ2n) is 4.61. The van der Waals surface area contributed by atoms with Gasteiger partial charge in [-0.3, -0.25) is 4.79 Å². The summed E-state index contributed by atoms with van der Waals surface area (Å²) in [7, 11) is 1.27. The van der Waals surface area contributed by atoms with Gasteiger partial charge in [-0.05, 0) is 36.4 Å². The highest BCUT2D eigenvalue weighted by atomic mass is 35.5. The Hall–Kier alpha value is -2.66. The molecule has 110 valence electrons. The largest absolute Gasteiger partial charge is 0.465 e. The summed E-state index contributed by atoms with van der Waals surface area (Å²) in [6, 6.07) is 11.8. The van der Waals surface area contributed by atoms with Crippen molar-refractivity contribution in [3.05, 3.63) is 63.4 Å². The average Bonchev–Trinajstić information content (AvgIpc) is 2.54. The summed E-state index contributed by atoms with van der Waals surface area (Å²) in [5, 5.41) is 0.812. The predicted octanol–water partition coefficient (Wildman–Crippen LogP) is 3.03. The van der Waals surface area contributed by atoms with Crippen LogP contribution in [0.3, 0.4) is 0 Å². The molecule has 2 aromatic carbocycles. The quantitative estimate of drug-likeness (QED) is 0.738. The number of methoxy groups -OCH3 is 1. The second-order valence-corrected chi connectivity index (χ2v) is 5.05. The van der Waals surface area contributed by atoms with Gasteiger partial charge in [0.1, 0.15) is 5.82 Å². The molecule has 0 radical (unpaired) electrons. The molecular formula is C16H11ClN2O3. The van der Waals surface area contributed by atoms with Gasteiger partial charge in [-0.15, -0.1) is 0 Å². The third kappa shape index (κ3) is 2.46. The minimum atomic E-state index is -0.572. The number of ether oxygens (including phenoxy) is 1. The van der Waals surface area contributed by atoms with Crippen LogP contribution in [-0.2, 0) is 4.74 Å². The molecule has 0 amide bonds. The minimum absolute atomic E-state index is 0.191. The lowest BCUT2D eigenvalue weighted by Gasteiger charge is -2.06. The van der Waals surface area contributed by atoms with Gasteiger partial charge in [0.2, 0.25) is 0 Å². The van der Waals surface area contributed by atoms with Gasteiger partial charge in [0, 0.05) is 10.6 Å². The summed E-state index contributed by atoms with van der Waals surface area (Å²) in [5.74, 6) is -0.159. The fourth-order valence-electron chi connectivity index (χ4n) is 2.21. The molecule has 1 aromatic heterocycles. The number of rotatable bonds is 2. The Morgan fingerprint density at radius 3 is 2.59 bits per heavy atom. The number of aromatic amines is 1. The SMILES string of the molecule is COC(=O)c1cccc2nc(-c3ccc(Cl)cc3)[nH]c(=O)c12. The van der Waals surface area contributed by atoms with E-state index >= 15 is 0 Å². The molecule has 0 unspecified atom stereocenters. The number of carbonyl (C=O) groups excluding carboxylic acids is 1. The molecule has 0 atom stereocenters. The van der Waals surface area contributed by atoms with E-state index in [0.29, 0.717) is 16.4 Å². The normalized spacial score (nSPS) is 10.6. The Balaban J connectivity index is 2.24. The molecule has 0 fully saturated rings. The smallest absolute Gasteiger partial charge is 0.338 e. The summed E-state index contributed by atoms with van der Waals surface area (Å²) < 4.78 is 4.69. The highest BCUT2D eigenvalue weighted by Gasteiger charge is 2.15. The molecule has 22 heavy (non-hydrogen) atoms. The van der Waals surface area contributed by atoms with Gasteiger partial charge in [-0.1, -0.05) is 17.7 Å². The van der Waals surface area contributed by atoms with Crippen molar-refractivity contribution < 1.29 is 9.53 Å². The van der Waals surface area contributed by atoms with E-state index in [1.54, 1.807) is 36.4 Å². The van der Waals surface area contributed by atoms with Crippen molar-refractivity contribution >= 4 is 28.5 Å². The van der Waals surface area contributed by atoms with Crippen LogP contribution in [0.2, 0.25) is 5.02 Å². The maximum atomic E-state index is 12.4. The van der Waals surface area contributed by atoms with E-state index < -0.39 is 11.5 Å². The minimum Gasteiger partial charge on any atom is -0.465 e. The maximum Gasteiger partial charge on any atom is 0.338 e. The van der Waals surface area contributed by atoms with Crippen molar-refractivity contribution in [2.45, 2.75) is 0 Å². The lowest BCUT2D eigenvalue weighted by molar-refractivity contribution is 0.0603. The molecule has 0 saturated carbocycles. The second kappa shape index (κ2) is 5.61. The van der Waals surface area contributed by atoms with E-state index in [1.165, 1.54) is 13.2 Å². The number of hydrogen-bond acceptors (Lipinski definition) is 4. The first-order valence-corrected chi connectivity index (χ1v) is 6.85. The molecule has 0 saturated heterocycles.